The topological polar surface area (TPSA) is 66.8 Å². The summed E-state index contributed by atoms with van der Waals surface area (Å²) in [5, 5.41) is 22.0. The highest BCUT2D eigenvalue weighted by Crippen LogP contribution is 2.34. The van der Waals surface area contributed by atoms with Crippen LogP contribution in [0, 0.1) is 5.92 Å². The number of aliphatic hydroxyl groups excluding tert-OH is 1. The van der Waals surface area contributed by atoms with Gasteiger partial charge < -0.3 is 14.9 Å². The third-order valence-corrected chi connectivity index (χ3v) is 4.02. The second kappa shape index (κ2) is 7.51. The van der Waals surface area contributed by atoms with E-state index in [1.54, 1.807) is 12.1 Å². The maximum absolute atomic E-state index is 11.1. The van der Waals surface area contributed by atoms with Crippen molar-refractivity contribution < 1.29 is 19.7 Å². The molecule has 0 aliphatic heterocycles. The van der Waals surface area contributed by atoms with E-state index in [1.807, 2.05) is 31.2 Å². The van der Waals surface area contributed by atoms with Crippen molar-refractivity contribution in [1.82, 2.24) is 0 Å². The van der Waals surface area contributed by atoms with Gasteiger partial charge in [0, 0.05) is 5.39 Å². The summed E-state index contributed by atoms with van der Waals surface area (Å²) in [6.45, 7) is 2.16. The van der Waals surface area contributed by atoms with Gasteiger partial charge in [-0.3, -0.25) is 4.79 Å². The Balaban J connectivity index is 2.14. The number of carbonyl (C=O) groups is 1. The highest BCUT2D eigenvalue weighted by molar-refractivity contribution is 7.81. The van der Waals surface area contributed by atoms with Crippen LogP contribution in [0.4, 0.5) is 0 Å². The zero-order valence-electron chi connectivity index (χ0n) is 12.4. The number of benzene rings is 2. The molecule has 0 radical (unpaired) electrons. The zero-order valence-corrected chi connectivity index (χ0v) is 13.3. The monoisotopic (exact) mass is 320 g/mol. The van der Waals surface area contributed by atoms with Gasteiger partial charge in [-0.25, -0.2) is 0 Å². The van der Waals surface area contributed by atoms with Crippen LogP contribution < -0.4 is 0 Å². The summed E-state index contributed by atoms with van der Waals surface area (Å²) in [6, 6.07) is 10.7. The van der Waals surface area contributed by atoms with E-state index in [1.165, 1.54) is 0 Å². The number of ether oxygens (including phenoxy) is 1. The lowest BCUT2D eigenvalue weighted by Crippen LogP contribution is -2.14. The Bertz CT molecular complexity index is 656. The summed E-state index contributed by atoms with van der Waals surface area (Å²) >= 11 is 3.84. The van der Waals surface area contributed by atoms with Gasteiger partial charge in [0.05, 0.1) is 18.5 Å². The van der Waals surface area contributed by atoms with E-state index in [2.05, 4.69) is 12.6 Å². The molecule has 0 bridgehead atoms. The maximum Gasteiger partial charge on any atom is 0.315 e. The Morgan fingerprint density at radius 2 is 1.91 bits per heavy atom. The minimum atomic E-state index is -0.694. The fraction of sp³-hybridized carbons (Fsp3) is 0.353. The normalized spacial score (nSPS) is 13.8. The van der Waals surface area contributed by atoms with Gasteiger partial charge in [0.15, 0.2) is 0 Å². The molecule has 118 valence electrons. The number of thiol groups is 1. The lowest BCUT2D eigenvalue weighted by Gasteiger charge is -2.21. The van der Waals surface area contributed by atoms with E-state index in [0.29, 0.717) is 11.8 Å². The summed E-state index contributed by atoms with van der Waals surface area (Å²) < 4.78 is 4.99. The van der Waals surface area contributed by atoms with Crippen LogP contribution in [0.1, 0.15) is 25.0 Å². The first-order chi connectivity index (χ1) is 10.5. The van der Waals surface area contributed by atoms with Gasteiger partial charge in [-0.05, 0) is 29.4 Å². The zero-order chi connectivity index (χ0) is 16.1. The Morgan fingerprint density at radius 3 is 2.59 bits per heavy atom. The third kappa shape index (κ3) is 3.72. The van der Waals surface area contributed by atoms with Gasteiger partial charge in [0.25, 0.3) is 0 Å². The average Bonchev–Trinajstić information content (AvgIpc) is 2.54. The van der Waals surface area contributed by atoms with Gasteiger partial charge in [-0.1, -0.05) is 37.3 Å². The molecule has 2 aromatic rings. The van der Waals surface area contributed by atoms with Gasteiger partial charge in [-0.15, -0.1) is 0 Å². The molecule has 22 heavy (non-hydrogen) atoms. The van der Waals surface area contributed by atoms with Crippen molar-refractivity contribution in [3.05, 3.63) is 42.0 Å². The first kappa shape index (κ1) is 16.6. The van der Waals surface area contributed by atoms with Crippen molar-refractivity contribution in [2.75, 3.05) is 12.4 Å². The van der Waals surface area contributed by atoms with Crippen LogP contribution in [0.25, 0.3) is 10.8 Å². The molecule has 2 N–H and O–H groups in total. The maximum atomic E-state index is 11.1. The van der Waals surface area contributed by atoms with Crippen LogP contribution >= 0.6 is 12.6 Å². The van der Waals surface area contributed by atoms with Crippen LogP contribution in [0.2, 0.25) is 0 Å². The minimum Gasteiger partial charge on any atom is -0.507 e. The fourth-order valence-electron chi connectivity index (χ4n) is 2.43. The number of esters is 1. The van der Waals surface area contributed by atoms with Crippen molar-refractivity contribution in [1.29, 1.82) is 0 Å². The molecule has 0 spiro atoms. The number of hydrogen-bond acceptors (Lipinski definition) is 5. The van der Waals surface area contributed by atoms with Crippen LogP contribution in [0.3, 0.4) is 0 Å². The molecular weight excluding hydrogens is 300 g/mol. The van der Waals surface area contributed by atoms with Crippen LogP contribution in [-0.4, -0.2) is 28.5 Å². The summed E-state index contributed by atoms with van der Waals surface area (Å²) in [5.74, 6) is -0.192. The van der Waals surface area contributed by atoms with E-state index < -0.39 is 6.10 Å². The first-order valence-electron chi connectivity index (χ1n) is 7.19. The minimum absolute atomic E-state index is 0.0551. The molecule has 2 rings (SSSR count). The predicted molar refractivity (Wildman–Crippen MR) is 89.2 cm³/mol. The van der Waals surface area contributed by atoms with Crippen molar-refractivity contribution in [3.8, 4) is 5.75 Å². The third-order valence-electron chi connectivity index (χ3n) is 3.76. The molecule has 0 fully saturated rings. The number of phenols is 1. The van der Waals surface area contributed by atoms with Gasteiger partial charge in [-0.2, -0.15) is 12.6 Å². The lowest BCUT2D eigenvalue weighted by molar-refractivity contribution is -0.141. The molecule has 2 aromatic carbocycles. The Morgan fingerprint density at radius 1 is 1.23 bits per heavy atom. The van der Waals surface area contributed by atoms with Crippen LogP contribution in [-0.2, 0) is 9.53 Å². The van der Waals surface area contributed by atoms with Crippen molar-refractivity contribution in [2.45, 2.75) is 19.4 Å². The van der Waals surface area contributed by atoms with E-state index >= 15 is 0 Å². The largest absolute Gasteiger partial charge is 0.507 e. The highest BCUT2D eigenvalue weighted by atomic mass is 32.1. The van der Waals surface area contributed by atoms with E-state index in [4.69, 9.17) is 4.74 Å². The summed E-state index contributed by atoms with van der Waals surface area (Å²) in [5.41, 5.74) is 0.765. The molecule has 0 saturated carbocycles. The first-order valence-corrected chi connectivity index (χ1v) is 7.83. The number of rotatable bonds is 6. The molecule has 5 heteroatoms. The van der Waals surface area contributed by atoms with E-state index in [-0.39, 0.29) is 30.0 Å². The Labute approximate surface area is 135 Å². The molecule has 4 nitrogen and oxygen atoms in total. The molecule has 0 unspecified atom stereocenters. The van der Waals surface area contributed by atoms with E-state index in [0.717, 1.165) is 10.9 Å². The summed E-state index contributed by atoms with van der Waals surface area (Å²) in [6.07, 6.45) is -0.143. The Kier molecular flexibility index (Phi) is 5.69. The molecule has 0 aromatic heterocycles. The summed E-state index contributed by atoms with van der Waals surface area (Å²) in [4.78, 5) is 11.1. The fourth-order valence-corrected chi connectivity index (χ4v) is 2.52. The molecule has 0 saturated heterocycles. The quantitative estimate of drug-likeness (QED) is 0.565. The molecule has 0 aliphatic rings. The molecule has 0 aliphatic carbocycles. The lowest BCUT2D eigenvalue weighted by atomic mass is 9.91. The Hall–Kier alpha value is -1.72. The SMILES string of the molecule is C[C@H](CCOC(=O)CS)[C@H](O)c1ccc(O)c2ccccc12. The average molecular weight is 320 g/mol. The number of aromatic hydroxyl groups is 1. The predicted octanol–water partition coefficient (Wildman–Crippen LogP) is 3.08. The molecule has 0 heterocycles. The van der Waals surface area contributed by atoms with Crippen molar-refractivity contribution >= 4 is 29.4 Å². The van der Waals surface area contributed by atoms with Crippen molar-refractivity contribution in [3.63, 3.8) is 0 Å². The molecular formula is C17H20O4S. The second-order valence-electron chi connectivity index (χ2n) is 5.31. The standard InChI is InChI=1S/C17H20O4S/c1-11(8-9-21-16(19)10-22)17(20)14-6-7-15(18)13-5-3-2-4-12(13)14/h2-7,11,17-18,20,22H,8-10H2,1H3/t11-,17+/m1/s1. The number of hydrogen-bond donors (Lipinski definition) is 3. The highest BCUT2D eigenvalue weighted by Gasteiger charge is 2.19. The number of phenolic OH excluding ortho intramolecular Hbond substituents is 1. The summed E-state index contributed by atoms with van der Waals surface area (Å²) in [7, 11) is 0. The molecule has 2 atom stereocenters. The second-order valence-corrected chi connectivity index (χ2v) is 5.63. The van der Waals surface area contributed by atoms with Crippen molar-refractivity contribution in [2.24, 2.45) is 5.92 Å². The smallest absolute Gasteiger partial charge is 0.315 e. The van der Waals surface area contributed by atoms with Crippen LogP contribution in [0.15, 0.2) is 36.4 Å². The van der Waals surface area contributed by atoms with Crippen LogP contribution in [0.5, 0.6) is 5.75 Å². The molecule has 0 amide bonds. The number of fused-ring (bicyclic) bond motifs is 1. The number of carbonyl (C=O) groups excluding carboxylic acids is 1. The van der Waals surface area contributed by atoms with Gasteiger partial charge in [0.2, 0.25) is 0 Å². The van der Waals surface area contributed by atoms with Gasteiger partial charge >= 0.3 is 5.97 Å². The number of aliphatic hydroxyl groups is 1. The van der Waals surface area contributed by atoms with E-state index in [9.17, 15) is 15.0 Å². The van der Waals surface area contributed by atoms with Gasteiger partial charge in [0.1, 0.15) is 5.75 Å².